The van der Waals surface area contributed by atoms with Crippen molar-refractivity contribution in [3.05, 3.63) is 23.8 Å². The fourth-order valence-electron chi connectivity index (χ4n) is 1.75. The molecule has 0 nitrogen and oxygen atoms in total. The Morgan fingerprint density at radius 1 is 1.55 bits per heavy atom. The molecule has 2 aliphatic rings. The van der Waals surface area contributed by atoms with E-state index in [1.807, 2.05) is 0 Å². The second-order valence-electron chi connectivity index (χ2n) is 3.90. The first kappa shape index (κ1) is 7.15. The minimum absolute atomic E-state index is 0.771. The average Bonchev–Trinajstić information content (AvgIpc) is 2.80. The van der Waals surface area contributed by atoms with Crippen LogP contribution in [0.1, 0.15) is 26.7 Å². The molecule has 2 rings (SSSR count). The van der Waals surface area contributed by atoms with Crippen molar-refractivity contribution in [2.45, 2.75) is 26.7 Å². The van der Waals surface area contributed by atoms with Crippen molar-refractivity contribution in [1.82, 2.24) is 0 Å². The molecule has 0 N–H and O–H groups in total. The first-order valence-corrected chi connectivity index (χ1v) is 4.71. The van der Waals surface area contributed by atoms with Crippen LogP contribution in [0.15, 0.2) is 23.8 Å². The van der Waals surface area contributed by atoms with Gasteiger partial charge in [-0.2, -0.15) is 0 Å². The molecule has 60 valence electrons. The van der Waals surface area contributed by atoms with E-state index in [1.54, 1.807) is 5.57 Å². The number of fused-ring (bicyclic) bond motifs is 1. The van der Waals surface area contributed by atoms with Crippen LogP contribution in [0.25, 0.3) is 0 Å². The summed E-state index contributed by atoms with van der Waals surface area (Å²) in [5, 5.41) is 0. The zero-order valence-corrected chi connectivity index (χ0v) is 7.38. The van der Waals surface area contributed by atoms with Gasteiger partial charge >= 0.3 is 0 Å². The molecule has 0 spiro atoms. The molecule has 0 aliphatic heterocycles. The maximum absolute atomic E-state index is 2.48. The maximum Gasteiger partial charge on any atom is -0.0158 e. The second kappa shape index (κ2) is 2.51. The van der Waals surface area contributed by atoms with Crippen LogP contribution in [0, 0.1) is 17.8 Å². The Labute approximate surface area is 69.0 Å². The summed E-state index contributed by atoms with van der Waals surface area (Å²) in [7, 11) is 0. The molecule has 0 amide bonds. The highest BCUT2D eigenvalue weighted by molar-refractivity contribution is 5.31. The van der Waals surface area contributed by atoms with Gasteiger partial charge in [0.15, 0.2) is 0 Å². The summed E-state index contributed by atoms with van der Waals surface area (Å²) in [4.78, 5) is 0. The van der Waals surface area contributed by atoms with Crippen molar-refractivity contribution < 1.29 is 0 Å². The molecular formula is C11H16. The van der Waals surface area contributed by atoms with Gasteiger partial charge in [0.05, 0.1) is 0 Å². The van der Waals surface area contributed by atoms with Gasteiger partial charge in [-0.15, -0.1) is 0 Å². The van der Waals surface area contributed by atoms with Gasteiger partial charge in [0, 0.05) is 0 Å². The largest absolute Gasteiger partial charge is 0.0805 e. The van der Waals surface area contributed by atoms with Crippen LogP contribution in [-0.4, -0.2) is 0 Å². The summed E-state index contributed by atoms with van der Waals surface area (Å²) >= 11 is 0. The summed E-state index contributed by atoms with van der Waals surface area (Å²) in [6.07, 6.45) is 9.90. The number of rotatable bonds is 2. The molecule has 0 aromatic heterocycles. The molecule has 0 aromatic carbocycles. The van der Waals surface area contributed by atoms with Crippen molar-refractivity contribution in [3.8, 4) is 0 Å². The highest BCUT2D eigenvalue weighted by Crippen LogP contribution is 2.45. The van der Waals surface area contributed by atoms with Gasteiger partial charge in [-0.3, -0.25) is 0 Å². The normalized spacial score (nSPS) is 36.0. The molecule has 1 saturated carbocycles. The lowest BCUT2D eigenvalue weighted by atomic mass is 9.94. The van der Waals surface area contributed by atoms with Crippen LogP contribution in [0.5, 0.6) is 0 Å². The van der Waals surface area contributed by atoms with Gasteiger partial charge in [-0.25, -0.2) is 0 Å². The van der Waals surface area contributed by atoms with E-state index in [-0.39, 0.29) is 0 Å². The molecule has 0 aromatic rings. The Bertz CT molecular complexity index is 210. The van der Waals surface area contributed by atoms with E-state index in [0.29, 0.717) is 0 Å². The summed E-state index contributed by atoms with van der Waals surface area (Å²) < 4.78 is 0. The van der Waals surface area contributed by atoms with Gasteiger partial charge in [0.25, 0.3) is 0 Å². The maximum atomic E-state index is 2.48. The van der Waals surface area contributed by atoms with E-state index in [4.69, 9.17) is 0 Å². The molecular weight excluding hydrogens is 132 g/mol. The SMILES string of the molecule is CC[C@H](C)C1=CC2CC2C=C1. The number of allylic oxidation sites excluding steroid dienone is 4. The van der Waals surface area contributed by atoms with E-state index in [0.717, 1.165) is 17.8 Å². The average molecular weight is 148 g/mol. The number of hydrogen-bond acceptors (Lipinski definition) is 0. The molecule has 0 bridgehead atoms. The molecule has 0 heterocycles. The van der Waals surface area contributed by atoms with Gasteiger partial charge in [0.2, 0.25) is 0 Å². The summed E-state index contributed by atoms with van der Waals surface area (Å²) in [5.41, 5.74) is 1.58. The summed E-state index contributed by atoms with van der Waals surface area (Å²) in [6, 6.07) is 0. The van der Waals surface area contributed by atoms with E-state index < -0.39 is 0 Å². The quantitative estimate of drug-likeness (QED) is 0.564. The molecule has 0 radical (unpaired) electrons. The highest BCUT2D eigenvalue weighted by Gasteiger charge is 2.35. The lowest BCUT2D eigenvalue weighted by Crippen LogP contribution is -1.98. The fraction of sp³-hybridized carbons (Fsp3) is 0.636. The minimum Gasteiger partial charge on any atom is -0.0805 e. The van der Waals surface area contributed by atoms with Crippen molar-refractivity contribution in [1.29, 1.82) is 0 Å². The monoisotopic (exact) mass is 148 g/mol. The Balaban J connectivity index is 2.08. The van der Waals surface area contributed by atoms with Gasteiger partial charge in [-0.1, -0.05) is 32.1 Å². The summed E-state index contributed by atoms with van der Waals surface area (Å²) in [6.45, 7) is 4.58. The topological polar surface area (TPSA) is 0 Å². The van der Waals surface area contributed by atoms with E-state index in [1.165, 1.54) is 12.8 Å². The van der Waals surface area contributed by atoms with E-state index >= 15 is 0 Å². The van der Waals surface area contributed by atoms with Crippen LogP contribution in [0.3, 0.4) is 0 Å². The number of hydrogen-bond donors (Lipinski definition) is 0. The first-order valence-electron chi connectivity index (χ1n) is 4.71. The Hall–Kier alpha value is -0.520. The van der Waals surface area contributed by atoms with Crippen LogP contribution in [0.4, 0.5) is 0 Å². The van der Waals surface area contributed by atoms with Crippen molar-refractivity contribution >= 4 is 0 Å². The smallest absolute Gasteiger partial charge is 0.0158 e. The minimum atomic E-state index is 0.771. The molecule has 1 fully saturated rings. The van der Waals surface area contributed by atoms with Gasteiger partial charge < -0.3 is 0 Å². The third kappa shape index (κ3) is 1.26. The fourth-order valence-corrected chi connectivity index (χ4v) is 1.75. The summed E-state index contributed by atoms with van der Waals surface area (Å²) in [5.74, 6) is 2.61. The van der Waals surface area contributed by atoms with Crippen molar-refractivity contribution in [2.24, 2.45) is 17.8 Å². The Morgan fingerprint density at radius 2 is 2.36 bits per heavy atom. The molecule has 3 atom stereocenters. The van der Waals surface area contributed by atoms with E-state index in [9.17, 15) is 0 Å². The molecule has 2 unspecified atom stereocenters. The Morgan fingerprint density at radius 3 is 3.00 bits per heavy atom. The van der Waals surface area contributed by atoms with E-state index in [2.05, 4.69) is 32.1 Å². The van der Waals surface area contributed by atoms with Crippen LogP contribution in [0.2, 0.25) is 0 Å². The lowest BCUT2D eigenvalue weighted by Gasteiger charge is -2.12. The van der Waals surface area contributed by atoms with Crippen molar-refractivity contribution in [3.63, 3.8) is 0 Å². The third-order valence-corrected chi connectivity index (χ3v) is 3.01. The highest BCUT2D eigenvalue weighted by atomic mass is 14.4. The van der Waals surface area contributed by atoms with Crippen molar-refractivity contribution in [2.75, 3.05) is 0 Å². The predicted molar refractivity (Wildman–Crippen MR) is 48.3 cm³/mol. The zero-order valence-electron chi connectivity index (χ0n) is 7.38. The van der Waals surface area contributed by atoms with Crippen LogP contribution in [-0.2, 0) is 0 Å². The zero-order chi connectivity index (χ0) is 7.84. The second-order valence-corrected chi connectivity index (χ2v) is 3.90. The van der Waals surface area contributed by atoms with Crippen LogP contribution >= 0.6 is 0 Å². The molecule has 2 aliphatic carbocycles. The molecule has 0 saturated heterocycles. The standard InChI is InChI=1S/C11H16/c1-3-8(2)9-4-5-10-7-11(10)6-9/h4-6,8,10-11H,3,7H2,1-2H3/t8-,10?,11?/m0/s1. The Kier molecular flexibility index (Phi) is 1.63. The third-order valence-electron chi connectivity index (χ3n) is 3.01. The predicted octanol–water partition coefficient (Wildman–Crippen LogP) is 3.16. The van der Waals surface area contributed by atoms with Gasteiger partial charge in [0.1, 0.15) is 0 Å². The lowest BCUT2D eigenvalue weighted by molar-refractivity contribution is 0.660. The van der Waals surface area contributed by atoms with Crippen LogP contribution < -0.4 is 0 Å². The van der Waals surface area contributed by atoms with Gasteiger partial charge in [-0.05, 0) is 36.2 Å². The molecule has 11 heavy (non-hydrogen) atoms. The molecule has 0 heteroatoms. The first-order chi connectivity index (χ1) is 5.31.